The molecular weight excluding hydrogens is 526 g/mol. The van der Waals surface area contributed by atoms with Crippen molar-refractivity contribution in [2.45, 2.75) is 51.6 Å². The average molecular weight is 566 g/mol. The minimum atomic E-state index is -0.571. The Balaban J connectivity index is 1.26. The number of nitrogens with one attached hydrogen (secondary N) is 3. The number of carbonyl (C=O) groups excluding carboxylic acids is 1. The molecule has 42 heavy (non-hydrogen) atoms. The molecule has 1 fully saturated rings. The summed E-state index contributed by atoms with van der Waals surface area (Å²) in [5, 5.41) is 9.20. The molecule has 3 heterocycles. The van der Waals surface area contributed by atoms with Crippen LogP contribution in [0, 0.1) is 5.92 Å². The molecule has 1 aliphatic heterocycles. The molecule has 1 unspecified atom stereocenters. The quantitative estimate of drug-likeness (QED) is 0.205. The summed E-state index contributed by atoms with van der Waals surface area (Å²) in [6, 6.07) is 24.3. The molecule has 1 aliphatic rings. The summed E-state index contributed by atoms with van der Waals surface area (Å²) in [6.07, 6.45) is 5.47. The molecular formula is C34H39N5O3. The summed E-state index contributed by atoms with van der Waals surface area (Å²) in [4.78, 5) is 22.0. The third kappa shape index (κ3) is 6.89. The minimum Gasteiger partial charge on any atom is -0.481 e. The fourth-order valence-corrected chi connectivity index (χ4v) is 5.36. The summed E-state index contributed by atoms with van der Waals surface area (Å²) < 4.78 is 12.8. The standard InChI is InChI=1S/C34H39N5O3/c1-33(2,3)27-10-5-6-12-29(27)41-31-28(11-9-21-37-31)39-32(40)38-25-14-16-26(17-15-25)42-34(4,24-18-22-35-23-19-24)30-13-7-8-20-36-30/h5-17,20-21,24,35H,18-19,22-23H2,1-4H3,(H2,38,39,40). The highest BCUT2D eigenvalue weighted by atomic mass is 16.5. The molecule has 4 aromatic rings. The fraction of sp³-hybridized carbons (Fsp3) is 0.324. The Hall–Kier alpha value is -4.43. The molecule has 0 radical (unpaired) electrons. The van der Waals surface area contributed by atoms with Crippen LogP contribution in [0.15, 0.2) is 91.3 Å². The molecule has 2 aromatic heterocycles. The second-order valence-corrected chi connectivity index (χ2v) is 11.8. The van der Waals surface area contributed by atoms with E-state index in [1.165, 1.54) is 0 Å². The largest absolute Gasteiger partial charge is 0.481 e. The highest BCUT2D eigenvalue weighted by Gasteiger charge is 2.40. The van der Waals surface area contributed by atoms with Gasteiger partial charge in [-0.25, -0.2) is 9.78 Å². The van der Waals surface area contributed by atoms with Gasteiger partial charge in [-0.1, -0.05) is 45.0 Å². The monoisotopic (exact) mass is 565 g/mol. The van der Waals surface area contributed by atoms with Gasteiger partial charge in [0, 0.05) is 29.6 Å². The highest BCUT2D eigenvalue weighted by molar-refractivity contribution is 6.00. The molecule has 2 aromatic carbocycles. The van der Waals surface area contributed by atoms with Crippen LogP contribution in [0.4, 0.5) is 16.2 Å². The van der Waals surface area contributed by atoms with E-state index in [2.05, 4.69) is 53.6 Å². The van der Waals surface area contributed by atoms with E-state index < -0.39 is 11.6 Å². The van der Waals surface area contributed by atoms with Crippen LogP contribution >= 0.6 is 0 Å². The first-order chi connectivity index (χ1) is 20.2. The molecule has 0 saturated carbocycles. The third-order valence-corrected chi connectivity index (χ3v) is 7.65. The second-order valence-electron chi connectivity index (χ2n) is 11.8. The maximum absolute atomic E-state index is 13.0. The van der Waals surface area contributed by atoms with Gasteiger partial charge in [0.05, 0.1) is 5.69 Å². The highest BCUT2D eigenvalue weighted by Crippen LogP contribution is 2.39. The van der Waals surface area contributed by atoms with Crippen LogP contribution in [-0.2, 0) is 11.0 Å². The number of anilines is 2. The summed E-state index contributed by atoms with van der Waals surface area (Å²) in [5.74, 6) is 2.06. The van der Waals surface area contributed by atoms with Crippen molar-refractivity contribution in [1.29, 1.82) is 0 Å². The van der Waals surface area contributed by atoms with Gasteiger partial charge in [-0.05, 0) is 92.9 Å². The van der Waals surface area contributed by atoms with E-state index in [-0.39, 0.29) is 5.41 Å². The van der Waals surface area contributed by atoms with Gasteiger partial charge in [-0.3, -0.25) is 4.98 Å². The van der Waals surface area contributed by atoms with Crippen molar-refractivity contribution in [3.63, 3.8) is 0 Å². The first-order valence-corrected chi connectivity index (χ1v) is 14.4. The van der Waals surface area contributed by atoms with Crippen LogP contribution in [0.1, 0.15) is 51.8 Å². The lowest BCUT2D eigenvalue weighted by Crippen LogP contribution is -2.44. The number of amides is 2. The number of nitrogens with zero attached hydrogens (tertiary/aromatic N) is 2. The third-order valence-electron chi connectivity index (χ3n) is 7.65. The Kier molecular flexibility index (Phi) is 8.73. The van der Waals surface area contributed by atoms with Gasteiger partial charge in [-0.2, -0.15) is 0 Å². The van der Waals surface area contributed by atoms with Gasteiger partial charge < -0.3 is 25.4 Å². The van der Waals surface area contributed by atoms with E-state index in [1.54, 1.807) is 18.3 Å². The summed E-state index contributed by atoms with van der Waals surface area (Å²) in [6.45, 7) is 10.4. The van der Waals surface area contributed by atoms with Gasteiger partial charge in [0.25, 0.3) is 0 Å². The Labute approximate surface area is 247 Å². The number of benzene rings is 2. The Bertz CT molecular complexity index is 1480. The van der Waals surface area contributed by atoms with E-state index in [4.69, 9.17) is 9.47 Å². The van der Waals surface area contributed by atoms with Gasteiger partial charge in [0.15, 0.2) is 5.60 Å². The van der Waals surface area contributed by atoms with E-state index in [9.17, 15) is 4.79 Å². The molecule has 0 aliphatic carbocycles. The molecule has 1 atom stereocenters. The zero-order valence-corrected chi connectivity index (χ0v) is 24.7. The Morgan fingerprint density at radius 3 is 2.26 bits per heavy atom. The minimum absolute atomic E-state index is 0.116. The SMILES string of the molecule is CC(C)(C)c1ccccc1Oc1ncccc1NC(=O)Nc1ccc(OC(C)(c2ccccn2)C2CCNCC2)cc1. The zero-order valence-electron chi connectivity index (χ0n) is 24.7. The molecule has 2 amide bonds. The maximum atomic E-state index is 13.0. The number of piperidine rings is 1. The molecule has 0 bridgehead atoms. The van der Waals surface area contributed by atoms with E-state index in [0.717, 1.165) is 37.2 Å². The summed E-state index contributed by atoms with van der Waals surface area (Å²) >= 11 is 0. The second kappa shape index (κ2) is 12.6. The number of carbonyl (C=O) groups is 1. The fourth-order valence-electron chi connectivity index (χ4n) is 5.36. The smallest absolute Gasteiger partial charge is 0.323 e. The van der Waals surface area contributed by atoms with Gasteiger partial charge in [-0.15, -0.1) is 0 Å². The van der Waals surface area contributed by atoms with Crippen LogP contribution in [0.25, 0.3) is 0 Å². The molecule has 5 rings (SSSR count). The van der Waals surface area contributed by atoms with Crippen LogP contribution in [0.2, 0.25) is 0 Å². The van der Waals surface area contributed by atoms with Crippen LogP contribution in [0.5, 0.6) is 17.4 Å². The molecule has 8 heteroatoms. The topological polar surface area (TPSA) is 97.4 Å². The van der Waals surface area contributed by atoms with Crippen LogP contribution in [-0.4, -0.2) is 29.1 Å². The maximum Gasteiger partial charge on any atom is 0.323 e. The van der Waals surface area contributed by atoms with Crippen molar-refractivity contribution < 1.29 is 14.3 Å². The van der Waals surface area contributed by atoms with Gasteiger partial charge in [0.2, 0.25) is 5.88 Å². The molecule has 1 saturated heterocycles. The van der Waals surface area contributed by atoms with Crippen molar-refractivity contribution >= 4 is 17.4 Å². The van der Waals surface area contributed by atoms with E-state index in [1.807, 2.05) is 72.9 Å². The van der Waals surface area contributed by atoms with Crippen molar-refractivity contribution in [3.8, 4) is 17.4 Å². The number of hydrogen-bond acceptors (Lipinski definition) is 6. The van der Waals surface area contributed by atoms with Crippen molar-refractivity contribution in [2.24, 2.45) is 5.92 Å². The zero-order chi connectivity index (χ0) is 29.6. The van der Waals surface area contributed by atoms with Gasteiger partial charge in [0.1, 0.15) is 17.2 Å². The molecule has 8 nitrogen and oxygen atoms in total. The lowest BCUT2D eigenvalue weighted by Gasteiger charge is -2.40. The molecule has 0 spiro atoms. The predicted molar refractivity (Wildman–Crippen MR) is 166 cm³/mol. The predicted octanol–water partition coefficient (Wildman–Crippen LogP) is 7.50. The molecule has 218 valence electrons. The number of hydrogen-bond donors (Lipinski definition) is 3. The molecule has 3 N–H and O–H groups in total. The van der Waals surface area contributed by atoms with Crippen LogP contribution < -0.4 is 25.4 Å². The van der Waals surface area contributed by atoms with Crippen molar-refractivity contribution in [2.75, 3.05) is 23.7 Å². The lowest BCUT2D eigenvalue weighted by atomic mass is 9.79. The summed E-state index contributed by atoms with van der Waals surface area (Å²) in [7, 11) is 0. The number of urea groups is 1. The first-order valence-electron chi connectivity index (χ1n) is 14.4. The Morgan fingerprint density at radius 1 is 0.833 bits per heavy atom. The normalized spacial score (nSPS) is 15.3. The number of rotatable bonds is 8. The van der Waals surface area contributed by atoms with Gasteiger partial charge >= 0.3 is 6.03 Å². The average Bonchev–Trinajstić information content (AvgIpc) is 3.00. The first kappa shape index (κ1) is 29.1. The number of para-hydroxylation sites is 1. The van der Waals surface area contributed by atoms with Crippen molar-refractivity contribution in [3.05, 3.63) is 103 Å². The lowest BCUT2D eigenvalue weighted by molar-refractivity contribution is 0.00308. The van der Waals surface area contributed by atoms with Crippen molar-refractivity contribution in [1.82, 2.24) is 15.3 Å². The number of pyridine rings is 2. The number of ether oxygens (including phenoxy) is 2. The van der Waals surface area contributed by atoms with Crippen LogP contribution in [0.3, 0.4) is 0 Å². The Morgan fingerprint density at radius 2 is 1.55 bits per heavy atom. The van der Waals surface area contributed by atoms with E-state index >= 15 is 0 Å². The summed E-state index contributed by atoms with van der Waals surface area (Å²) in [5.41, 5.74) is 2.37. The van der Waals surface area contributed by atoms with E-state index in [0.29, 0.717) is 34.7 Å². The number of aromatic nitrogens is 2.